The molecule has 0 fully saturated rings. The molecule has 2 heterocycles. The maximum absolute atomic E-state index is 12.5. The van der Waals surface area contributed by atoms with Crippen molar-refractivity contribution in [1.29, 1.82) is 0 Å². The quantitative estimate of drug-likeness (QED) is 0.821. The Hall–Kier alpha value is -1.20. The van der Waals surface area contributed by atoms with Crippen molar-refractivity contribution < 1.29 is 4.79 Å². The fraction of sp³-hybridized carbons (Fsp3) is 0.333. The second-order valence-corrected chi connectivity index (χ2v) is 6.82. The van der Waals surface area contributed by atoms with E-state index < -0.39 is 0 Å². The Kier molecular flexibility index (Phi) is 3.89. The number of thiophene rings is 1. The summed E-state index contributed by atoms with van der Waals surface area (Å²) in [4.78, 5) is 18.1. The van der Waals surface area contributed by atoms with Gasteiger partial charge in [-0.3, -0.25) is 4.79 Å². The summed E-state index contributed by atoms with van der Waals surface area (Å²) >= 11 is 5.12. The number of halogens is 1. The molecule has 1 unspecified atom stereocenters. The van der Waals surface area contributed by atoms with Crippen LogP contribution in [0.3, 0.4) is 0 Å². The lowest BCUT2D eigenvalue weighted by Gasteiger charge is -2.21. The Morgan fingerprint density at radius 1 is 1.55 bits per heavy atom. The van der Waals surface area contributed by atoms with E-state index in [2.05, 4.69) is 37.7 Å². The van der Waals surface area contributed by atoms with E-state index in [0.717, 1.165) is 35.1 Å². The summed E-state index contributed by atoms with van der Waals surface area (Å²) in [5.41, 5.74) is 2.99. The van der Waals surface area contributed by atoms with Gasteiger partial charge in [0.25, 0.3) is 0 Å². The summed E-state index contributed by atoms with van der Waals surface area (Å²) in [6.07, 6.45) is 4.81. The lowest BCUT2D eigenvalue weighted by molar-refractivity contribution is -0.117. The molecule has 2 aromatic rings. The summed E-state index contributed by atoms with van der Waals surface area (Å²) in [6, 6.07) is 4.03. The monoisotopic (exact) mass is 350 g/mol. The molecule has 0 bridgehead atoms. The SMILES string of the molecule is Cc1cc(NC(=O)C2CCCc3sccc32)cnc1Br. The molecule has 5 heteroatoms. The maximum atomic E-state index is 12.5. The zero-order valence-electron chi connectivity index (χ0n) is 11.1. The lowest BCUT2D eigenvalue weighted by atomic mass is 9.87. The molecule has 1 N–H and O–H groups in total. The smallest absolute Gasteiger partial charge is 0.231 e. The van der Waals surface area contributed by atoms with Crippen LogP contribution in [0.2, 0.25) is 0 Å². The Morgan fingerprint density at radius 2 is 2.40 bits per heavy atom. The fourth-order valence-corrected chi connectivity index (χ4v) is 3.82. The van der Waals surface area contributed by atoms with Gasteiger partial charge in [0.2, 0.25) is 5.91 Å². The van der Waals surface area contributed by atoms with Gasteiger partial charge in [-0.25, -0.2) is 4.98 Å². The largest absolute Gasteiger partial charge is 0.324 e. The van der Waals surface area contributed by atoms with Crippen molar-refractivity contribution in [2.24, 2.45) is 0 Å². The fourth-order valence-electron chi connectivity index (χ4n) is 2.61. The van der Waals surface area contributed by atoms with E-state index >= 15 is 0 Å². The molecule has 3 rings (SSSR count). The number of fused-ring (bicyclic) bond motifs is 1. The number of anilines is 1. The summed E-state index contributed by atoms with van der Waals surface area (Å²) < 4.78 is 0.813. The number of rotatable bonds is 2. The van der Waals surface area contributed by atoms with E-state index in [4.69, 9.17) is 0 Å². The highest BCUT2D eigenvalue weighted by Crippen LogP contribution is 2.35. The average Bonchev–Trinajstić information content (AvgIpc) is 2.91. The Labute approximate surface area is 130 Å². The van der Waals surface area contributed by atoms with Crippen LogP contribution in [-0.4, -0.2) is 10.9 Å². The van der Waals surface area contributed by atoms with Gasteiger partial charge in [0.1, 0.15) is 4.60 Å². The first-order valence-electron chi connectivity index (χ1n) is 6.64. The van der Waals surface area contributed by atoms with Gasteiger partial charge in [0, 0.05) is 4.88 Å². The highest BCUT2D eigenvalue weighted by Gasteiger charge is 2.27. The molecule has 3 nitrogen and oxygen atoms in total. The third-order valence-corrected chi connectivity index (χ3v) is 5.48. The molecule has 0 spiro atoms. The van der Waals surface area contributed by atoms with Crippen LogP contribution in [0, 0.1) is 6.92 Å². The zero-order valence-corrected chi connectivity index (χ0v) is 13.6. The summed E-state index contributed by atoms with van der Waals surface area (Å²) in [5.74, 6) is 0.0572. The number of nitrogens with one attached hydrogen (secondary N) is 1. The van der Waals surface area contributed by atoms with Crippen molar-refractivity contribution in [3.05, 3.63) is 44.3 Å². The van der Waals surface area contributed by atoms with E-state index in [0.29, 0.717) is 0 Å². The number of hydrogen-bond donors (Lipinski definition) is 1. The van der Waals surface area contributed by atoms with Gasteiger partial charge < -0.3 is 5.32 Å². The van der Waals surface area contributed by atoms with Crippen molar-refractivity contribution in [1.82, 2.24) is 4.98 Å². The standard InChI is InChI=1S/C15H15BrN2OS/c1-9-7-10(8-17-14(9)16)18-15(19)12-3-2-4-13-11(12)5-6-20-13/h5-8,12H,2-4H2,1H3,(H,18,19). The number of pyridine rings is 1. The van der Waals surface area contributed by atoms with E-state index in [1.807, 2.05) is 13.0 Å². The molecular formula is C15H15BrN2OS. The van der Waals surface area contributed by atoms with Crippen LogP contribution in [0.4, 0.5) is 5.69 Å². The number of carbonyl (C=O) groups excluding carboxylic acids is 1. The number of carbonyl (C=O) groups is 1. The molecule has 1 atom stereocenters. The van der Waals surface area contributed by atoms with Crippen LogP contribution in [0.15, 0.2) is 28.3 Å². The minimum absolute atomic E-state index is 0.0195. The van der Waals surface area contributed by atoms with Crippen LogP contribution in [0.1, 0.15) is 34.8 Å². The van der Waals surface area contributed by atoms with E-state index in [-0.39, 0.29) is 11.8 Å². The van der Waals surface area contributed by atoms with E-state index in [1.54, 1.807) is 17.5 Å². The van der Waals surface area contributed by atoms with Gasteiger partial charge in [-0.05, 0) is 70.8 Å². The van der Waals surface area contributed by atoms with E-state index in [9.17, 15) is 4.79 Å². The number of aromatic nitrogens is 1. The van der Waals surface area contributed by atoms with Crippen molar-refractivity contribution in [3.63, 3.8) is 0 Å². The predicted octanol–water partition coefficient (Wildman–Crippen LogP) is 4.27. The third kappa shape index (κ3) is 2.65. The molecule has 104 valence electrons. The van der Waals surface area contributed by atoms with Crippen LogP contribution >= 0.6 is 27.3 Å². The number of nitrogens with zero attached hydrogens (tertiary/aromatic N) is 1. The zero-order chi connectivity index (χ0) is 14.1. The van der Waals surface area contributed by atoms with Crippen molar-refractivity contribution in [3.8, 4) is 0 Å². The van der Waals surface area contributed by atoms with Crippen LogP contribution in [-0.2, 0) is 11.2 Å². The minimum atomic E-state index is -0.0195. The molecule has 2 aromatic heterocycles. The molecule has 0 aliphatic heterocycles. The maximum Gasteiger partial charge on any atom is 0.231 e. The molecule has 1 amide bonds. The summed E-state index contributed by atoms with van der Waals surface area (Å²) in [7, 11) is 0. The molecule has 0 saturated carbocycles. The predicted molar refractivity (Wildman–Crippen MR) is 85.3 cm³/mol. The highest BCUT2D eigenvalue weighted by molar-refractivity contribution is 9.10. The first-order valence-corrected chi connectivity index (χ1v) is 8.31. The number of amides is 1. The van der Waals surface area contributed by atoms with Crippen LogP contribution in [0.25, 0.3) is 0 Å². The number of hydrogen-bond acceptors (Lipinski definition) is 3. The van der Waals surface area contributed by atoms with Crippen molar-refractivity contribution in [2.75, 3.05) is 5.32 Å². The molecule has 0 aromatic carbocycles. The van der Waals surface area contributed by atoms with Gasteiger partial charge >= 0.3 is 0 Å². The van der Waals surface area contributed by atoms with Crippen molar-refractivity contribution >= 4 is 38.9 Å². The molecule has 0 radical (unpaired) electrons. The average molecular weight is 351 g/mol. The lowest BCUT2D eigenvalue weighted by Crippen LogP contribution is -2.23. The molecule has 1 aliphatic rings. The van der Waals surface area contributed by atoms with Crippen LogP contribution in [0.5, 0.6) is 0 Å². The molecule has 0 saturated heterocycles. The van der Waals surface area contributed by atoms with E-state index in [1.165, 1.54) is 10.4 Å². The third-order valence-electron chi connectivity index (χ3n) is 3.65. The molecule has 20 heavy (non-hydrogen) atoms. The topological polar surface area (TPSA) is 42.0 Å². The molecular weight excluding hydrogens is 336 g/mol. The van der Waals surface area contributed by atoms with Crippen molar-refractivity contribution in [2.45, 2.75) is 32.1 Å². The van der Waals surface area contributed by atoms with Gasteiger partial charge in [0.05, 0.1) is 17.8 Å². The minimum Gasteiger partial charge on any atom is -0.324 e. The highest BCUT2D eigenvalue weighted by atomic mass is 79.9. The Bertz CT molecular complexity index is 653. The van der Waals surface area contributed by atoms with Gasteiger partial charge in [-0.1, -0.05) is 0 Å². The second kappa shape index (κ2) is 5.66. The number of aryl methyl sites for hydroxylation is 2. The van der Waals surface area contributed by atoms with Crippen LogP contribution < -0.4 is 5.32 Å². The summed E-state index contributed by atoms with van der Waals surface area (Å²) in [5, 5.41) is 5.08. The normalized spacial score (nSPS) is 17.6. The Morgan fingerprint density at radius 3 is 3.20 bits per heavy atom. The summed E-state index contributed by atoms with van der Waals surface area (Å²) in [6.45, 7) is 1.96. The second-order valence-electron chi connectivity index (χ2n) is 5.06. The van der Waals surface area contributed by atoms with Gasteiger partial charge in [0.15, 0.2) is 0 Å². The van der Waals surface area contributed by atoms with Gasteiger partial charge in [-0.15, -0.1) is 11.3 Å². The first-order chi connectivity index (χ1) is 9.65. The first kappa shape index (κ1) is 13.8. The Balaban J connectivity index is 1.79. The van der Waals surface area contributed by atoms with Gasteiger partial charge in [-0.2, -0.15) is 0 Å². The molecule has 1 aliphatic carbocycles.